The average molecular weight is 389 g/mol. The number of hydrazone groups is 1. The lowest BCUT2D eigenvalue weighted by Crippen LogP contribution is -2.21. The summed E-state index contributed by atoms with van der Waals surface area (Å²) in [5, 5.41) is 26.8. The number of fused-ring (bicyclic) bond motifs is 1. The van der Waals surface area contributed by atoms with Gasteiger partial charge in [-0.05, 0) is 23.8 Å². The zero-order valence-corrected chi connectivity index (χ0v) is 14.5. The zero-order valence-electron chi connectivity index (χ0n) is 13.7. The lowest BCUT2D eigenvalue weighted by molar-refractivity contribution is -0.385. The monoisotopic (exact) mass is 389 g/mol. The van der Waals surface area contributed by atoms with E-state index in [9.17, 15) is 28.6 Å². The van der Waals surface area contributed by atoms with Gasteiger partial charge in [-0.25, -0.2) is 5.01 Å². The third-order valence-corrected chi connectivity index (χ3v) is 5.00. The highest BCUT2D eigenvalue weighted by atomic mass is 32.2. The molecule has 12 heteroatoms. The highest BCUT2D eigenvalue weighted by Gasteiger charge is 2.32. The topological polar surface area (TPSA) is 148 Å². The van der Waals surface area contributed by atoms with Crippen LogP contribution in [0.1, 0.15) is 11.1 Å². The van der Waals surface area contributed by atoms with Crippen LogP contribution in [0.15, 0.2) is 56.9 Å². The Hall–Kier alpha value is -3.67. The minimum Gasteiger partial charge on any atom is -0.258 e. The van der Waals surface area contributed by atoms with Crippen molar-refractivity contribution in [3.63, 3.8) is 0 Å². The molecule has 2 aromatic rings. The van der Waals surface area contributed by atoms with Crippen LogP contribution in [-0.2, 0) is 10.0 Å². The fourth-order valence-corrected chi connectivity index (χ4v) is 3.61. The SMILES string of the molecule is CN(/N=C/c1ccc([N+](=O)[O-])cc1)C1=NS(=O)(=O)c2cc([N+](=O)[O-])ccc21. The van der Waals surface area contributed by atoms with Crippen molar-refractivity contribution >= 4 is 33.4 Å². The quantitative estimate of drug-likeness (QED) is 0.440. The maximum absolute atomic E-state index is 12.2. The summed E-state index contributed by atoms with van der Waals surface area (Å²) < 4.78 is 28.0. The molecule has 0 aromatic heterocycles. The summed E-state index contributed by atoms with van der Waals surface area (Å²) in [4.78, 5) is 20.0. The van der Waals surface area contributed by atoms with E-state index in [0.717, 1.165) is 6.07 Å². The van der Waals surface area contributed by atoms with Crippen molar-refractivity contribution in [3.8, 4) is 0 Å². The first-order valence-corrected chi connectivity index (χ1v) is 8.79. The van der Waals surface area contributed by atoms with E-state index in [1.54, 1.807) is 0 Å². The molecule has 0 saturated carbocycles. The molecule has 0 radical (unpaired) electrons. The van der Waals surface area contributed by atoms with Crippen LogP contribution in [0.3, 0.4) is 0 Å². The van der Waals surface area contributed by atoms with E-state index in [4.69, 9.17) is 0 Å². The molecule has 0 N–H and O–H groups in total. The smallest absolute Gasteiger partial charge is 0.258 e. The highest BCUT2D eigenvalue weighted by Crippen LogP contribution is 2.30. The van der Waals surface area contributed by atoms with Gasteiger partial charge in [-0.1, -0.05) is 0 Å². The Labute approximate surface area is 152 Å². The van der Waals surface area contributed by atoms with Crippen molar-refractivity contribution in [1.82, 2.24) is 5.01 Å². The summed E-state index contributed by atoms with van der Waals surface area (Å²) in [6.45, 7) is 0. The molecule has 138 valence electrons. The molecule has 0 bridgehead atoms. The second kappa shape index (κ2) is 6.57. The Morgan fingerprint density at radius 3 is 2.22 bits per heavy atom. The van der Waals surface area contributed by atoms with Gasteiger partial charge in [0.05, 0.1) is 16.1 Å². The van der Waals surface area contributed by atoms with E-state index in [2.05, 4.69) is 9.50 Å². The van der Waals surface area contributed by atoms with Crippen molar-refractivity contribution < 1.29 is 18.3 Å². The molecule has 2 aromatic carbocycles. The second-order valence-electron chi connectivity index (χ2n) is 5.44. The van der Waals surface area contributed by atoms with E-state index < -0.39 is 19.9 Å². The van der Waals surface area contributed by atoms with Crippen molar-refractivity contribution in [2.45, 2.75) is 4.90 Å². The van der Waals surface area contributed by atoms with E-state index in [0.29, 0.717) is 5.56 Å². The number of amidine groups is 1. The largest absolute Gasteiger partial charge is 0.285 e. The summed E-state index contributed by atoms with van der Waals surface area (Å²) >= 11 is 0. The number of nitrogens with zero attached hydrogens (tertiary/aromatic N) is 5. The van der Waals surface area contributed by atoms with Gasteiger partial charge in [0, 0.05) is 36.9 Å². The predicted octanol–water partition coefficient (Wildman–Crippen LogP) is 1.92. The Bertz CT molecular complexity index is 1110. The predicted molar refractivity (Wildman–Crippen MR) is 95.3 cm³/mol. The number of benzene rings is 2. The van der Waals surface area contributed by atoms with Crippen LogP contribution in [0, 0.1) is 20.2 Å². The molecular weight excluding hydrogens is 378 g/mol. The van der Waals surface area contributed by atoms with Gasteiger partial charge in [0.15, 0.2) is 5.84 Å². The van der Waals surface area contributed by atoms with Gasteiger partial charge in [0.1, 0.15) is 4.90 Å². The second-order valence-corrected chi connectivity index (χ2v) is 7.02. The fraction of sp³-hybridized carbons (Fsp3) is 0.0667. The van der Waals surface area contributed by atoms with E-state index in [-0.39, 0.29) is 27.7 Å². The van der Waals surface area contributed by atoms with Gasteiger partial charge in [0.25, 0.3) is 21.4 Å². The molecule has 1 aliphatic heterocycles. The molecule has 0 spiro atoms. The highest BCUT2D eigenvalue weighted by molar-refractivity contribution is 7.90. The average Bonchev–Trinajstić information content (AvgIpc) is 2.91. The fourth-order valence-electron chi connectivity index (χ4n) is 2.36. The van der Waals surface area contributed by atoms with Crippen LogP contribution in [0.2, 0.25) is 0 Å². The number of hydrogen-bond donors (Lipinski definition) is 0. The summed E-state index contributed by atoms with van der Waals surface area (Å²) in [5.41, 5.74) is 0.329. The number of non-ortho nitro benzene ring substituents is 2. The number of rotatable bonds is 4. The van der Waals surface area contributed by atoms with Crippen LogP contribution < -0.4 is 0 Å². The third-order valence-electron chi connectivity index (χ3n) is 3.69. The molecule has 1 aliphatic rings. The molecule has 0 fully saturated rings. The van der Waals surface area contributed by atoms with Crippen molar-refractivity contribution in [2.75, 3.05) is 7.05 Å². The molecule has 27 heavy (non-hydrogen) atoms. The van der Waals surface area contributed by atoms with Crippen LogP contribution in [0.4, 0.5) is 11.4 Å². The number of nitro benzene ring substituents is 2. The Morgan fingerprint density at radius 1 is 1.04 bits per heavy atom. The molecule has 0 saturated heterocycles. The standard InChI is InChI=1S/C15H11N5O6S/c1-18(16-9-10-2-4-11(5-3-10)19(21)22)15-13-7-6-12(20(23)24)8-14(13)27(25,26)17-15/h2-9H,1H3/b16-9+. The van der Waals surface area contributed by atoms with Crippen LogP contribution in [0.25, 0.3) is 0 Å². The van der Waals surface area contributed by atoms with E-state index >= 15 is 0 Å². The van der Waals surface area contributed by atoms with Crippen LogP contribution >= 0.6 is 0 Å². The van der Waals surface area contributed by atoms with Gasteiger partial charge in [-0.15, -0.1) is 4.40 Å². The first-order valence-electron chi connectivity index (χ1n) is 7.35. The van der Waals surface area contributed by atoms with Gasteiger partial charge < -0.3 is 0 Å². The first kappa shape index (κ1) is 18.1. The molecule has 0 amide bonds. The molecule has 3 rings (SSSR count). The Kier molecular flexibility index (Phi) is 4.41. The summed E-state index contributed by atoms with van der Waals surface area (Å²) in [7, 11) is -2.60. The molecular formula is C15H11N5O6S. The summed E-state index contributed by atoms with van der Waals surface area (Å²) in [6, 6.07) is 9.04. The number of sulfonamides is 1. The van der Waals surface area contributed by atoms with Crippen LogP contribution in [-0.4, -0.2) is 42.4 Å². The minimum absolute atomic E-state index is 0.0121. The maximum Gasteiger partial charge on any atom is 0.285 e. The number of nitro groups is 2. The normalized spacial score (nSPS) is 14.6. The molecule has 11 nitrogen and oxygen atoms in total. The van der Waals surface area contributed by atoms with E-state index in [1.807, 2.05) is 0 Å². The molecule has 1 heterocycles. The lowest BCUT2D eigenvalue weighted by atomic mass is 10.2. The van der Waals surface area contributed by atoms with Gasteiger partial charge in [0.2, 0.25) is 0 Å². The molecule has 0 unspecified atom stereocenters. The zero-order chi connectivity index (χ0) is 19.8. The summed E-state index contributed by atoms with van der Waals surface area (Å²) in [5.74, 6) is 0.0121. The lowest BCUT2D eigenvalue weighted by Gasteiger charge is -2.12. The Morgan fingerprint density at radius 2 is 1.63 bits per heavy atom. The Balaban J connectivity index is 1.89. The van der Waals surface area contributed by atoms with Gasteiger partial charge >= 0.3 is 0 Å². The summed E-state index contributed by atoms with van der Waals surface area (Å²) in [6.07, 6.45) is 1.38. The van der Waals surface area contributed by atoms with Crippen molar-refractivity contribution in [2.24, 2.45) is 9.50 Å². The maximum atomic E-state index is 12.2. The molecule has 0 aliphatic carbocycles. The van der Waals surface area contributed by atoms with Gasteiger partial charge in [-0.3, -0.25) is 20.2 Å². The van der Waals surface area contributed by atoms with E-state index in [1.165, 1.54) is 54.7 Å². The minimum atomic E-state index is -4.06. The first-order chi connectivity index (χ1) is 12.7. The van der Waals surface area contributed by atoms with Crippen LogP contribution in [0.5, 0.6) is 0 Å². The molecule has 0 atom stereocenters. The third kappa shape index (κ3) is 3.50. The van der Waals surface area contributed by atoms with Crippen molar-refractivity contribution in [1.29, 1.82) is 0 Å². The van der Waals surface area contributed by atoms with Gasteiger partial charge in [-0.2, -0.15) is 13.5 Å². The van der Waals surface area contributed by atoms with Crippen molar-refractivity contribution in [3.05, 3.63) is 73.8 Å². The number of hydrogen-bond acceptors (Lipinski definition) is 8.